The van der Waals surface area contributed by atoms with Gasteiger partial charge in [0.2, 0.25) is 5.91 Å². The lowest BCUT2D eigenvalue weighted by Gasteiger charge is -2.36. The summed E-state index contributed by atoms with van der Waals surface area (Å²) in [5.74, 6) is 1.13. The molecule has 0 aliphatic heterocycles. The van der Waals surface area contributed by atoms with Crippen LogP contribution in [-0.4, -0.2) is 38.7 Å². The number of urea groups is 1. The number of carbonyl (C=O) groups is 2. The van der Waals surface area contributed by atoms with Gasteiger partial charge >= 0.3 is 6.03 Å². The third-order valence-corrected chi connectivity index (χ3v) is 5.25. The van der Waals surface area contributed by atoms with Gasteiger partial charge in [-0.05, 0) is 37.0 Å². The van der Waals surface area contributed by atoms with Gasteiger partial charge in [-0.3, -0.25) is 4.79 Å². The SMILES string of the molecule is CC[C@@H](NC(=O)NC1(C(=O)NC)CCCCC1)c1ccc(OC)c(OC)c1. The van der Waals surface area contributed by atoms with Crippen LogP contribution in [0.1, 0.15) is 57.1 Å². The number of amides is 3. The minimum absolute atomic E-state index is 0.128. The van der Waals surface area contributed by atoms with Crippen LogP contribution in [0.25, 0.3) is 0 Å². The molecule has 7 heteroatoms. The van der Waals surface area contributed by atoms with Gasteiger partial charge in [-0.1, -0.05) is 32.3 Å². The molecule has 150 valence electrons. The molecule has 3 amide bonds. The standard InChI is InChI=1S/C20H31N3O4/c1-5-15(14-9-10-16(26-3)17(13-14)27-4)22-19(25)23-20(18(24)21-2)11-7-6-8-12-20/h9-10,13,15H,5-8,11-12H2,1-4H3,(H,21,24)(H2,22,23,25)/t15-/m1/s1. The molecule has 7 nitrogen and oxygen atoms in total. The molecule has 0 bridgehead atoms. The van der Waals surface area contributed by atoms with E-state index in [-0.39, 0.29) is 18.0 Å². The van der Waals surface area contributed by atoms with E-state index < -0.39 is 5.54 Å². The van der Waals surface area contributed by atoms with E-state index in [9.17, 15) is 9.59 Å². The lowest BCUT2D eigenvalue weighted by Crippen LogP contribution is -2.61. The molecular formula is C20H31N3O4. The van der Waals surface area contributed by atoms with Gasteiger partial charge in [0.25, 0.3) is 0 Å². The van der Waals surface area contributed by atoms with Gasteiger partial charge in [0.05, 0.1) is 20.3 Å². The van der Waals surface area contributed by atoms with Crippen molar-refractivity contribution in [2.24, 2.45) is 0 Å². The van der Waals surface area contributed by atoms with E-state index in [0.29, 0.717) is 30.8 Å². The summed E-state index contributed by atoms with van der Waals surface area (Å²) >= 11 is 0. The Morgan fingerprint density at radius 3 is 2.33 bits per heavy atom. The molecule has 1 aliphatic rings. The fourth-order valence-corrected chi connectivity index (χ4v) is 3.71. The zero-order valence-corrected chi connectivity index (χ0v) is 16.7. The first-order valence-electron chi connectivity index (χ1n) is 9.52. The molecule has 0 saturated heterocycles. The van der Waals surface area contributed by atoms with E-state index in [1.807, 2.05) is 25.1 Å². The monoisotopic (exact) mass is 377 g/mol. The van der Waals surface area contributed by atoms with Crippen LogP contribution in [0.2, 0.25) is 0 Å². The number of benzene rings is 1. The van der Waals surface area contributed by atoms with Crippen molar-refractivity contribution in [2.75, 3.05) is 21.3 Å². The normalized spacial score (nSPS) is 16.7. The topological polar surface area (TPSA) is 88.7 Å². The fourth-order valence-electron chi connectivity index (χ4n) is 3.71. The molecule has 1 aliphatic carbocycles. The van der Waals surface area contributed by atoms with Gasteiger partial charge in [0.15, 0.2) is 11.5 Å². The number of ether oxygens (including phenoxy) is 2. The van der Waals surface area contributed by atoms with E-state index in [4.69, 9.17) is 9.47 Å². The maximum absolute atomic E-state index is 12.7. The predicted octanol–water partition coefficient (Wildman–Crippen LogP) is 2.90. The molecule has 1 fully saturated rings. The number of methoxy groups -OCH3 is 2. The van der Waals surface area contributed by atoms with Crippen molar-refractivity contribution in [1.82, 2.24) is 16.0 Å². The zero-order chi connectivity index (χ0) is 19.9. The lowest BCUT2D eigenvalue weighted by atomic mass is 9.81. The van der Waals surface area contributed by atoms with Crippen LogP contribution in [0.5, 0.6) is 11.5 Å². The van der Waals surface area contributed by atoms with Crippen molar-refractivity contribution in [2.45, 2.75) is 57.0 Å². The largest absolute Gasteiger partial charge is 0.493 e. The van der Waals surface area contributed by atoms with Crippen molar-refractivity contribution in [3.8, 4) is 11.5 Å². The van der Waals surface area contributed by atoms with E-state index >= 15 is 0 Å². The molecule has 0 radical (unpaired) electrons. The van der Waals surface area contributed by atoms with Crippen LogP contribution in [0.3, 0.4) is 0 Å². The first-order chi connectivity index (χ1) is 13.0. The number of hydrogen-bond donors (Lipinski definition) is 3. The minimum Gasteiger partial charge on any atom is -0.493 e. The number of likely N-dealkylation sites (N-methyl/N-ethyl adjacent to an activating group) is 1. The summed E-state index contributed by atoms with van der Waals surface area (Å²) in [6.45, 7) is 2.00. The Labute approximate surface area is 161 Å². The number of nitrogens with one attached hydrogen (secondary N) is 3. The van der Waals surface area contributed by atoms with E-state index in [0.717, 1.165) is 24.8 Å². The smallest absolute Gasteiger partial charge is 0.316 e. The first kappa shape index (κ1) is 20.9. The van der Waals surface area contributed by atoms with Crippen molar-refractivity contribution >= 4 is 11.9 Å². The quantitative estimate of drug-likeness (QED) is 0.682. The lowest BCUT2D eigenvalue weighted by molar-refractivity contribution is -0.128. The van der Waals surface area contributed by atoms with Crippen molar-refractivity contribution < 1.29 is 19.1 Å². The molecule has 0 heterocycles. The Balaban J connectivity index is 2.13. The highest BCUT2D eigenvalue weighted by Crippen LogP contribution is 2.31. The van der Waals surface area contributed by atoms with E-state index in [2.05, 4.69) is 16.0 Å². The molecule has 0 aromatic heterocycles. The second kappa shape index (κ2) is 9.48. The van der Waals surface area contributed by atoms with Gasteiger partial charge in [-0.25, -0.2) is 4.79 Å². The first-order valence-corrected chi connectivity index (χ1v) is 9.52. The molecular weight excluding hydrogens is 346 g/mol. The molecule has 1 aromatic carbocycles. The average Bonchev–Trinajstić information content (AvgIpc) is 2.71. The average molecular weight is 377 g/mol. The molecule has 1 saturated carbocycles. The van der Waals surface area contributed by atoms with Gasteiger partial charge in [-0.2, -0.15) is 0 Å². The zero-order valence-electron chi connectivity index (χ0n) is 16.7. The Morgan fingerprint density at radius 1 is 1.11 bits per heavy atom. The highest BCUT2D eigenvalue weighted by Gasteiger charge is 2.40. The number of carbonyl (C=O) groups excluding carboxylic acids is 2. The summed E-state index contributed by atoms with van der Waals surface area (Å²) in [5, 5.41) is 8.64. The predicted molar refractivity (Wildman–Crippen MR) is 104 cm³/mol. The van der Waals surface area contributed by atoms with Crippen LogP contribution < -0.4 is 25.4 Å². The van der Waals surface area contributed by atoms with Crippen LogP contribution >= 0.6 is 0 Å². The second-order valence-electron chi connectivity index (χ2n) is 6.90. The van der Waals surface area contributed by atoms with Crippen molar-refractivity contribution in [3.63, 3.8) is 0 Å². The summed E-state index contributed by atoms with van der Waals surface area (Å²) in [5.41, 5.74) is 0.0930. The van der Waals surface area contributed by atoms with Gasteiger partial charge in [0.1, 0.15) is 5.54 Å². The Kier molecular flexibility index (Phi) is 7.33. The maximum Gasteiger partial charge on any atom is 0.316 e. The summed E-state index contributed by atoms with van der Waals surface area (Å²) in [6.07, 6.45) is 4.98. The molecule has 2 rings (SSSR count). The van der Waals surface area contributed by atoms with Crippen LogP contribution in [0.4, 0.5) is 4.79 Å². The summed E-state index contributed by atoms with van der Waals surface area (Å²) < 4.78 is 10.6. The van der Waals surface area contributed by atoms with Crippen LogP contribution in [0, 0.1) is 0 Å². The Bertz CT molecular complexity index is 657. The molecule has 3 N–H and O–H groups in total. The third-order valence-electron chi connectivity index (χ3n) is 5.25. The Morgan fingerprint density at radius 2 is 1.78 bits per heavy atom. The molecule has 27 heavy (non-hydrogen) atoms. The highest BCUT2D eigenvalue weighted by atomic mass is 16.5. The highest BCUT2D eigenvalue weighted by molar-refractivity contribution is 5.91. The van der Waals surface area contributed by atoms with E-state index in [1.165, 1.54) is 0 Å². The maximum atomic E-state index is 12.7. The van der Waals surface area contributed by atoms with Crippen molar-refractivity contribution in [1.29, 1.82) is 0 Å². The Hall–Kier alpha value is -2.44. The van der Waals surface area contributed by atoms with Crippen LogP contribution in [-0.2, 0) is 4.79 Å². The molecule has 0 unspecified atom stereocenters. The van der Waals surface area contributed by atoms with Gasteiger partial charge in [-0.15, -0.1) is 0 Å². The van der Waals surface area contributed by atoms with E-state index in [1.54, 1.807) is 21.3 Å². The second-order valence-corrected chi connectivity index (χ2v) is 6.90. The fraction of sp³-hybridized carbons (Fsp3) is 0.600. The molecule has 1 atom stereocenters. The van der Waals surface area contributed by atoms with Gasteiger partial charge < -0.3 is 25.4 Å². The van der Waals surface area contributed by atoms with Crippen molar-refractivity contribution in [3.05, 3.63) is 23.8 Å². The summed E-state index contributed by atoms with van der Waals surface area (Å²) in [7, 11) is 4.78. The minimum atomic E-state index is -0.826. The number of rotatable bonds is 7. The summed E-state index contributed by atoms with van der Waals surface area (Å²) in [6, 6.07) is 5.06. The number of hydrogen-bond acceptors (Lipinski definition) is 4. The van der Waals surface area contributed by atoms with Gasteiger partial charge in [0, 0.05) is 7.05 Å². The molecule has 0 spiro atoms. The summed E-state index contributed by atoms with van der Waals surface area (Å²) in [4.78, 5) is 25.1. The molecule has 1 aromatic rings. The van der Waals surface area contributed by atoms with Crippen LogP contribution in [0.15, 0.2) is 18.2 Å². The third kappa shape index (κ3) is 4.84.